The first kappa shape index (κ1) is 12.7. The van der Waals surface area contributed by atoms with Gasteiger partial charge in [-0.25, -0.2) is 0 Å². The minimum absolute atomic E-state index is 0.161. The fourth-order valence-corrected chi connectivity index (χ4v) is 1.25. The summed E-state index contributed by atoms with van der Waals surface area (Å²) in [6, 6.07) is 0. The lowest BCUT2D eigenvalue weighted by atomic mass is 10.2. The lowest BCUT2D eigenvalue weighted by Gasteiger charge is -2.08. The molecule has 1 heterocycles. The highest BCUT2D eigenvalue weighted by molar-refractivity contribution is 5.93. The molecule has 1 atom stereocenters. The molecule has 1 aromatic rings. The molecule has 1 amide bonds. The molecule has 0 saturated heterocycles. The summed E-state index contributed by atoms with van der Waals surface area (Å²) in [5, 5.41) is 6.89. The molecule has 0 aliphatic heterocycles. The number of carbonyl (C=O) groups excluding carboxylic acids is 1. The topological polar surface area (TPSA) is 56.1 Å². The van der Waals surface area contributed by atoms with E-state index in [2.05, 4.69) is 24.3 Å². The second kappa shape index (κ2) is 5.65. The molecule has 90 valence electrons. The lowest BCUT2D eigenvalue weighted by Crippen LogP contribution is -2.26. The lowest BCUT2D eigenvalue weighted by molar-refractivity contribution is -0.124. The summed E-state index contributed by atoms with van der Waals surface area (Å²) in [7, 11) is 1.51. The van der Waals surface area contributed by atoms with Crippen molar-refractivity contribution in [2.24, 2.45) is 5.92 Å². The van der Waals surface area contributed by atoms with Gasteiger partial charge in [-0.1, -0.05) is 13.8 Å². The zero-order valence-corrected chi connectivity index (χ0v) is 10.2. The Kier molecular flexibility index (Phi) is 4.49. The van der Waals surface area contributed by atoms with E-state index in [1.165, 1.54) is 7.11 Å². The summed E-state index contributed by atoms with van der Waals surface area (Å²) < 4.78 is 6.73. The summed E-state index contributed by atoms with van der Waals surface area (Å²) in [6.45, 7) is 6.78. The van der Waals surface area contributed by atoms with Crippen molar-refractivity contribution in [1.82, 2.24) is 9.78 Å². The van der Waals surface area contributed by atoms with Gasteiger partial charge < -0.3 is 10.1 Å². The molecule has 0 fully saturated rings. The van der Waals surface area contributed by atoms with Gasteiger partial charge in [-0.2, -0.15) is 5.10 Å². The van der Waals surface area contributed by atoms with Crippen molar-refractivity contribution in [3.8, 4) is 0 Å². The van der Waals surface area contributed by atoms with Gasteiger partial charge in [-0.3, -0.25) is 9.48 Å². The Bertz CT molecular complexity index is 347. The largest absolute Gasteiger partial charge is 0.372 e. The predicted molar refractivity (Wildman–Crippen MR) is 62.2 cm³/mol. The Morgan fingerprint density at radius 2 is 2.25 bits per heavy atom. The quantitative estimate of drug-likeness (QED) is 0.826. The molecule has 1 aromatic heterocycles. The summed E-state index contributed by atoms with van der Waals surface area (Å²) in [5.74, 6) is 0.368. The molecule has 0 spiro atoms. The van der Waals surface area contributed by atoms with Crippen LogP contribution in [0.5, 0.6) is 0 Å². The Hall–Kier alpha value is -1.36. The van der Waals surface area contributed by atoms with Crippen LogP contribution >= 0.6 is 0 Å². The van der Waals surface area contributed by atoms with Gasteiger partial charge in [-0.15, -0.1) is 0 Å². The number of methoxy groups -OCH3 is 1. The number of aromatic nitrogens is 2. The van der Waals surface area contributed by atoms with Crippen LogP contribution in [-0.2, 0) is 16.1 Å². The van der Waals surface area contributed by atoms with Crippen LogP contribution in [0.15, 0.2) is 12.4 Å². The number of hydrogen-bond acceptors (Lipinski definition) is 3. The second-order valence-electron chi connectivity index (χ2n) is 4.21. The van der Waals surface area contributed by atoms with Crippen molar-refractivity contribution in [2.75, 3.05) is 12.4 Å². The summed E-state index contributed by atoms with van der Waals surface area (Å²) >= 11 is 0. The third-order valence-electron chi connectivity index (χ3n) is 2.18. The van der Waals surface area contributed by atoms with Crippen LogP contribution in [0, 0.1) is 5.92 Å². The third kappa shape index (κ3) is 3.66. The van der Waals surface area contributed by atoms with Crippen LogP contribution in [0.3, 0.4) is 0 Å². The highest BCUT2D eigenvalue weighted by Crippen LogP contribution is 2.08. The maximum Gasteiger partial charge on any atom is 0.253 e. The summed E-state index contributed by atoms with van der Waals surface area (Å²) in [5.41, 5.74) is 0.703. The number of nitrogens with one attached hydrogen (secondary N) is 1. The maximum absolute atomic E-state index is 11.5. The molecule has 1 N–H and O–H groups in total. The molecule has 1 unspecified atom stereocenters. The zero-order valence-electron chi connectivity index (χ0n) is 10.2. The van der Waals surface area contributed by atoms with Gasteiger partial charge in [-0.05, 0) is 12.8 Å². The molecule has 16 heavy (non-hydrogen) atoms. The molecular formula is C11H19N3O2. The predicted octanol–water partition coefficient (Wildman–Crippen LogP) is 1.51. The summed E-state index contributed by atoms with van der Waals surface area (Å²) in [6.07, 6.45) is 3.01. The average molecular weight is 225 g/mol. The number of nitrogens with zero attached hydrogens (tertiary/aromatic N) is 2. The number of carbonyl (C=O) groups is 1. The van der Waals surface area contributed by atoms with Gasteiger partial charge in [0.2, 0.25) is 0 Å². The van der Waals surface area contributed by atoms with Crippen molar-refractivity contribution < 1.29 is 9.53 Å². The number of rotatable bonds is 5. The molecule has 5 nitrogen and oxygen atoms in total. The highest BCUT2D eigenvalue weighted by Gasteiger charge is 2.12. The SMILES string of the molecule is COC(C)C(=O)Nc1cnn(CC(C)C)c1. The number of anilines is 1. The van der Waals surface area contributed by atoms with E-state index in [1.807, 2.05) is 10.9 Å². The Morgan fingerprint density at radius 3 is 2.81 bits per heavy atom. The number of ether oxygens (including phenoxy) is 1. The molecule has 0 aliphatic carbocycles. The monoisotopic (exact) mass is 225 g/mol. The van der Waals surface area contributed by atoms with E-state index in [1.54, 1.807) is 13.1 Å². The molecule has 0 aromatic carbocycles. The van der Waals surface area contributed by atoms with E-state index in [0.717, 1.165) is 6.54 Å². The van der Waals surface area contributed by atoms with Gasteiger partial charge in [0, 0.05) is 19.9 Å². The first-order valence-electron chi connectivity index (χ1n) is 5.39. The molecule has 1 rings (SSSR count). The molecule has 0 aliphatic rings. The summed E-state index contributed by atoms with van der Waals surface area (Å²) in [4.78, 5) is 11.5. The molecule has 0 radical (unpaired) electrons. The van der Waals surface area contributed by atoms with Crippen molar-refractivity contribution in [3.63, 3.8) is 0 Å². The Labute approximate surface area is 95.8 Å². The normalized spacial score (nSPS) is 12.8. The number of amides is 1. The molecule has 0 bridgehead atoms. The van der Waals surface area contributed by atoms with Crippen LogP contribution in [0.1, 0.15) is 20.8 Å². The molecule has 0 saturated carbocycles. The fourth-order valence-electron chi connectivity index (χ4n) is 1.25. The minimum atomic E-state index is -0.451. The van der Waals surface area contributed by atoms with E-state index in [-0.39, 0.29) is 5.91 Å². The van der Waals surface area contributed by atoms with Gasteiger partial charge >= 0.3 is 0 Å². The van der Waals surface area contributed by atoms with Crippen LogP contribution in [0.2, 0.25) is 0 Å². The minimum Gasteiger partial charge on any atom is -0.372 e. The van der Waals surface area contributed by atoms with Crippen molar-refractivity contribution in [3.05, 3.63) is 12.4 Å². The standard InChI is InChI=1S/C11H19N3O2/c1-8(2)6-14-7-10(5-12-14)13-11(15)9(3)16-4/h5,7-9H,6H2,1-4H3,(H,13,15). The van der Waals surface area contributed by atoms with E-state index < -0.39 is 6.10 Å². The van der Waals surface area contributed by atoms with Crippen LogP contribution in [-0.4, -0.2) is 28.9 Å². The maximum atomic E-state index is 11.5. The third-order valence-corrected chi connectivity index (χ3v) is 2.18. The Morgan fingerprint density at radius 1 is 1.56 bits per heavy atom. The van der Waals surface area contributed by atoms with Gasteiger partial charge in [0.1, 0.15) is 6.10 Å². The van der Waals surface area contributed by atoms with Crippen molar-refractivity contribution in [2.45, 2.75) is 33.4 Å². The average Bonchev–Trinajstić information content (AvgIpc) is 2.63. The first-order valence-corrected chi connectivity index (χ1v) is 5.39. The van der Waals surface area contributed by atoms with E-state index in [9.17, 15) is 4.79 Å². The van der Waals surface area contributed by atoms with Gasteiger partial charge in [0.25, 0.3) is 5.91 Å². The van der Waals surface area contributed by atoms with Crippen molar-refractivity contribution in [1.29, 1.82) is 0 Å². The van der Waals surface area contributed by atoms with Gasteiger partial charge in [0.05, 0.1) is 11.9 Å². The van der Waals surface area contributed by atoms with Crippen LogP contribution in [0.4, 0.5) is 5.69 Å². The molecule has 5 heteroatoms. The smallest absolute Gasteiger partial charge is 0.253 e. The zero-order chi connectivity index (χ0) is 12.1. The molecular weight excluding hydrogens is 206 g/mol. The van der Waals surface area contributed by atoms with E-state index >= 15 is 0 Å². The fraction of sp³-hybridized carbons (Fsp3) is 0.636. The van der Waals surface area contributed by atoms with Crippen LogP contribution < -0.4 is 5.32 Å². The van der Waals surface area contributed by atoms with Crippen LogP contribution in [0.25, 0.3) is 0 Å². The second-order valence-corrected chi connectivity index (χ2v) is 4.21. The van der Waals surface area contributed by atoms with E-state index in [4.69, 9.17) is 4.74 Å². The van der Waals surface area contributed by atoms with E-state index in [0.29, 0.717) is 11.6 Å². The Balaban J connectivity index is 2.55. The van der Waals surface area contributed by atoms with Crippen molar-refractivity contribution >= 4 is 11.6 Å². The highest BCUT2D eigenvalue weighted by atomic mass is 16.5. The number of hydrogen-bond donors (Lipinski definition) is 1. The van der Waals surface area contributed by atoms with Gasteiger partial charge in [0.15, 0.2) is 0 Å². The first-order chi connectivity index (χ1) is 7.52.